The molecule has 0 aliphatic carbocycles. The van der Waals surface area contributed by atoms with E-state index in [1.807, 2.05) is 0 Å². The van der Waals surface area contributed by atoms with Crippen LogP contribution in [0.15, 0.2) is 36.4 Å². The van der Waals surface area contributed by atoms with Crippen LogP contribution >= 0.6 is 0 Å². The zero-order valence-electron chi connectivity index (χ0n) is 7.75. The highest BCUT2D eigenvalue weighted by Crippen LogP contribution is 2.19. The molecule has 0 unspecified atom stereocenters. The number of aryl methyl sites for hydroxylation is 1. The molecule has 2 aromatic rings. The normalized spacial score (nSPS) is 10.6. The Morgan fingerprint density at radius 3 is 2.69 bits per heavy atom. The number of nitrogens with two attached hydrogens (primary N) is 1. The van der Waals surface area contributed by atoms with E-state index in [9.17, 15) is 0 Å². The smallest absolute Gasteiger partial charge is 0.0178 e. The predicted octanol–water partition coefficient (Wildman–Crippen LogP) is 2.61. The van der Waals surface area contributed by atoms with Gasteiger partial charge in [0.2, 0.25) is 0 Å². The second-order valence-electron chi connectivity index (χ2n) is 3.34. The van der Waals surface area contributed by atoms with E-state index in [0.29, 0.717) is 6.54 Å². The number of hydrogen-bond acceptors (Lipinski definition) is 1. The number of benzene rings is 2. The van der Waals surface area contributed by atoms with E-state index in [1.54, 1.807) is 0 Å². The topological polar surface area (TPSA) is 26.0 Å². The summed E-state index contributed by atoms with van der Waals surface area (Å²) in [6.07, 6.45) is 0. The SMILES string of the molecule is Cc1cc(CN)cc2ccccc12. The third-order valence-corrected chi connectivity index (χ3v) is 2.36. The zero-order valence-corrected chi connectivity index (χ0v) is 7.75. The Morgan fingerprint density at radius 2 is 1.92 bits per heavy atom. The zero-order chi connectivity index (χ0) is 9.26. The summed E-state index contributed by atoms with van der Waals surface area (Å²) >= 11 is 0. The molecule has 0 radical (unpaired) electrons. The van der Waals surface area contributed by atoms with Crippen molar-refractivity contribution in [2.75, 3.05) is 0 Å². The Labute approximate surface area is 78.2 Å². The fourth-order valence-corrected chi connectivity index (χ4v) is 1.70. The molecule has 0 aliphatic rings. The van der Waals surface area contributed by atoms with E-state index in [0.717, 1.165) is 0 Å². The largest absolute Gasteiger partial charge is 0.326 e. The average molecular weight is 171 g/mol. The minimum absolute atomic E-state index is 0.617. The van der Waals surface area contributed by atoms with Crippen molar-refractivity contribution >= 4 is 10.8 Å². The first-order valence-electron chi connectivity index (χ1n) is 4.49. The molecular weight excluding hydrogens is 158 g/mol. The van der Waals surface area contributed by atoms with Gasteiger partial charge in [0.25, 0.3) is 0 Å². The van der Waals surface area contributed by atoms with Crippen LogP contribution in [0.25, 0.3) is 10.8 Å². The standard InChI is InChI=1S/C12H13N/c1-9-6-10(8-13)7-11-4-2-3-5-12(9)11/h2-7H,8,13H2,1H3. The van der Waals surface area contributed by atoms with Gasteiger partial charge in [-0.05, 0) is 34.9 Å². The summed E-state index contributed by atoms with van der Waals surface area (Å²) in [7, 11) is 0. The van der Waals surface area contributed by atoms with Gasteiger partial charge in [0.1, 0.15) is 0 Å². The minimum atomic E-state index is 0.617. The van der Waals surface area contributed by atoms with Crippen molar-refractivity contribution in [3.05, 3.63) is 47.5 Å². The van der Waals surface area contributed by atoms with E-state index in [1.165, 1.54) is 21.9 Å². The van der Waals surface area contributed by atoms with Crippen molar-refractivity contribution in [2.45, 2.75) is 13.5 Å². The van der Waals surface area contributed by atoms with E-state index in [2.05, 4.69) is 43.3 Å². The lowest BCUT2D eigenvalue weighted by Gasteiger charge is -2.04. The Balaban J connectivity index is 2.77. The molecule has 0 bridgehead atoms. The maximum Gasteiger partial charge on any atom is 0.0178 e. The highest BCUT2D eigenvalue weighted by atomic mass is 14.5. The van der Waals surface area contributed by atoms with Gasteiger partial charge in [0.05, 0.1) is 0 Å². The van der Waals surface area contributed by atoms with E-state index in [-0.39, 0.29) is 0 Å². The maximum atomic E-state index is 5.61. The maximum absolute atomic E-state index is 5.61. The summed E-state index contributed by atoms with van der Waals surface area (Å²) in [6.45, 7) is 2.74. The van der Waals surface area contributed by atoms with Crippen LogP contribution < -0.4 is 5.73 Å². The number of hydrogen-bond donors (Lipinski definition) is 1. The first-order chi connectivity index (χ1) is 6.31. The highest BCUT2D eigenvalue weighted by molar-refractivity contribution is 5.86. The van der Waals surface area contributed by atoms with Crippen LogP contribution in [0.5, 0.6) is 0 Å². The molecule has 0 heterocycles. The lowest BCUT2D eigenvalue weighted by molar-refractivity contribution is 1.07. The van der Waals surface area contributed by atoms with Gasteiger partial charge in [-0.25, -0.2) is 0 Å². The third-order valence-electron chi connectivity index (χ3n) is 2.36. The molecule has 0 fully saturated rings. The van der Waals surface area contributed by atoms with Crippen molar-refractivity contribution in [2.24, 2.45) is 5.73 Å². The second kappa shape index (κ2) is 3.19. The van der Waals surface area contributed by atoms with Crippen molar-refractivity contribution in [1.29, 1.82) is 0 Å². The molecule has 0 aromatic heterocycles. The van der Waals surface area contributed by atoms with E-state index >= 15 is 0 Å². The molecule has 0 atom stereocenters. The number of fused-ring (bicyclic) bond motifs is 1. The van der Waals surface area contributed by atoms with Crippen LogP contribution in [-0.2, 0) is 6.54 Å². The number of rotatable bonds is 1. The molecule has 2 rings (SSSR count). The van der Waals surface area contributed by atoms with Crippen LogP contribution in [0.4, 0.5) is 0 Å². The molecule has 0 saturated heterocycles. The van der Waals surface area contributed by atoms with Crippen LogP contribution in [0.1, 0.15) is 11.1 Å². The predicted molar refractivity (Wildman–Crippen MR) is 56.6 cm³/mol. The molecule has 0 amide bonds. The van der Waals surface area contributed by atoms with E-state index < -0.39 is 0 Å². The van der Waals surface area contributed by atoms with Crippen LogP contribution in [-0.4, -0.2) is 0 Å². The molecular formula is C12H13N. The molecule has 0 saturated carbocycles. The fourth-order valence-electron chi connectivity index (χ4n) is 1.70. The van der Waals surface area contributed by atoms with Gasteiger partial charge in [-0.15, -0.1) is 0 Å². The molecule has 2 N–H and O–H groups in total. The summed E-state index contributed by atoms with van der Waals surface area (Å²) in [5.41, 5.74) is 8.12. The van der Waals surface area contributed by atoms with Crippen molar-refractivity contribution in [3.8, 4) is 0 Å². The Bertz CT molecular complexity index is 432. The third kappa shape index (κ3) is 1.43. The van der Waals surface area contributed by atoms with E-state index in [4.69, 9.17) is 5.73 Å². The fraction of sp³-hybridized carbons (Fsp3) is 0.167. The quantitative estimate of drug-likeness (QED) is 0.701. The lowest BCUT2D eigenvalue weighted by atomic mass is 10.0. The summed E-state index contributed by atoms with van der Waals surface area (Å²) in [4.78, 5) is 0. The summed E-state index contributed by atoms with van der Waals surface area (Å²) < 4.78 is 0. The average Bonchev–Trinajstić information content (AvgIpc) is 2.18. The summed E-state index contributed by atoms with van der Waals surface area (Å²) in [6, 6.07) is 12.7. The van der Waals surface area contributed by atoms with Gasteiger partial charge in [0, 0.05) is 6.54 Å². The second-order valence-corrected chi connectivity index (χ2v) is 3.34. The van der Waals surface area contributed by atoms with Gasteiger partial charge in [-0.3, -0.25) is 0 Å². The van der Waals surface area contributed by atoms with Gasteiger partial charge in [-0.1, -0.05) is 30.3 Å². The Kier molecular flexibility index (Phi) is 2.03. The van der Waals surface area contributed by atoms with Crippen LogP contribution in [0, 0.1) is 6.92 Å². The van der Waals surface area contributed by atoms with Gasteiger partial charge in [-0.2, -0.15) is 0 Å². The lowest BCUT2D eigenvalue weighted by Crippen LogP contribution is -1.96. The Hall–Kier alpha value is -1.34. The molecule has 1 heteroatoms. The van der Waals surface area contributed by atoms with Crippen molar-refractivity contribution in [3.63, 3.8) is 0 Å². The molecule has 0 aliphatic heterocycles. The van der Waals surface area contributed by atoms with Crippen LogP contribution in [0.2, 0.25) is 0 Å². The van der Waals surface area contributed by atoms with Crippen molar-refractivity contribution in [1.82, 2.24) is 0 Å². The highest BCUT2D eigenvalue weighted by Gasteiger charge is 1.98. The van der Waals surface area contributed by atoms with Crippen LogP contribution in [0.3, 0.4) is 0 Å². The first-order valence-corrected chi connectivity index (χ1v) is 4.49. The molecule has 1 nitrogen and oxygen atoms in total. The van der Waals surface area contributed by atoms with Gasteiger partial charge >= 0.3 is 0 Å². The minimum Gasteiger partial charge on any atom is -0.326 e. The van der Waals surface area contributed by atoms with Gasteiger partial charge < -0.3 is 5.73 Å². The Morgan fingerprint density at radius 1 is 1.15 bits per heavy atom. The summed E-state index contributed by atoms with van der Waals surface area (Å²) in [5.74, 6) is 0. The molecule has 66 valence electrons. The molecule has 13 heavy (non-hydrogen) atoms. The van der Waals surface area contributed by atoms with Gasteiger partial charge in [0.15, 0.2) is 0 Å². The first kappa shape index (κ1) is 8.27. The molecule has 0 spiro atoms. The van der Waals surface area contributed by atoms with Crippen molar-refractivity contribution < 1.29 is 0 Å². The molecule has 2 aromatic carbocycles. The summed E-state index contributed by atoms with van der Waals surface area (Å²) in [5, 5.41) is 2.60. The monoisotopic (exact) mass is 171 g/mol.